The van der Waals surface area contributed by atoms with Gasteiger partial charge in [0.1, 0.15) is 5.01 Å². The number of anilines is 1. The number of halogens is 3. The first-order valence-corrected chi connectivity index (χ1v) is 6.95. The third kappa shape index (κ3) is 3.27. The van der Waals surface area contributed by atoms with Crippen LogP contribution in [-0.4, -0.2) is 10.2 Å². The zero-order valence-electron chi connectivity index (χ0n) is 11.1. The van der Waals surface area contributed by atoms with E-state index in [9.17, 15) is 13.2 Å². The molecule has 1 heterocycles. The number of para-hydroxylation sites is 1. The van der Waals surface area contributed by atoms with Crippen molar-refractivity contribution in [2.24, 2.45) is 0 Å². The number of alkyl halides is 3. The molecule has 0 fully saturated rings. The van der Waals surface area contributed by atoms with Crippen LogP contribution in [0.4, 0.5) is 18.9 Å². The monoisotopic (exact) mass is 301 g/mol. The van der Waals surface area contributed by atoms with Gasteiger partial charge in [-0.25, -0.2) is 0 Å². The van der Waals surface area contributed by atoms with Crippen molar-refractivity contribution in [2.45, 2.75) is 33.0 Å². The van der Waals surface area contributed by atoms with Crippen LogP contribution < -0.4 is 5.32 Å². The Morgan fingerprint density at radius 3 is 2.60 bits per heavy atom. The van der Waals surface area contributed by atoms with Crippen LogP contribution in [0.5, 0.6) is 0 Å². The van der Waals surface area contributed by atoms with Gasteiger partial charge in [0, 0.05) is 5.69 Å². The van der Waals surface area contributed by atoms with Gasteiger partial charge in [0.25, 0.3) is 0 Å². The summed E-state index contributed by atoms with van der Waals surface area (Å²) in [4.78, 5) is 0. The lowest BCUT2D eigenvalue weighted by Gasteiger charge is -2.12. The number of nitrogens with one attached hydrogen (secondary N) is 1. The molecule has 0 aliphatic rings. The first-order valence-electron chi connectivity index (χ1n) is 6.13. The predicted octanol–water partition coefficient (Wildman–Crippen LogP) is 4.04. The number of nitrogens with zero attached hydrogens (tertiary/aromatic N) is 2. The van der Waals surface area contributed by atoms with Crippen LogP contribution >= 0.6 is 11.3 Å². The minimum absolute atomic E-state index is 0.242. The van der Waals surface area contributed by atoms with Crippen molar-refractivity contribution in [3.63, 3.8) is 0 Å². The van der Waals surface area contributed by atoms with Crippen LogP contribution in [-0.2, 0) is 19.1 Å². The molecule has 0 atom stereocenters. The van der Waals surface area contributed by atoms with Gasteiger partial charge in [-0.2, -0.15) is 13.2 Å². The smallest absolute Gasteiger partial charge is 0.378 e. The molecule has 1 N–H and O–H groups in total. The van der Waals surface area contributed by atoms with E-state index in [2.05, 4.69) is 15.5 Å². The summed E-state index contributed by atoms with van der Waals surface area (Å²) in [7, 11) is 0. The molecule has 1 aromatic heterocycles. The van der Waals surface area contributed by atoms with Gasteiger partial charge in [0.05, 0.1) is 6.54 Å². The van der Waals surface area contributed by atoms with E-state index >= 15 is 0 Å². The van der Waals surface area contributed by atoms with Gasteiger partial charge in [0.15, 0.2) is 0 Å². The third-order valence-electron chi connectivity index (χ3n) is 2.87. The second-order valence-corrected chi connectivity index (χ2v) is 5.38. The van der Waals surface area contributed by atoms with E-state index in [-0.39, 0.29) is 6.54 Å². The van der Waals surface area contributed by atoms with Gasteiger partial charge in [-0.05, 0) is 24.5 Å². The first-order chi connectivity index (χ1) is 9.41. The van der Waals surface area contributed by atoms with Crippen molar-refractivity contribution >= 4 is 17.0 Å². The molecular weight excluding hydrogens is 287 g/mol. The van der Waals surface area contributed by atoms with Gasteiger partial charge < -0.3 is 5.32 Å². The quantitative estimate of drug-likeness (QED) is 0.926. The van der Waals surface area contributed by atoms with E-state index in [4.69, 9.17) is 0 Å². The van der Waals surface area contributed by atoms with Gasteiger partial charge in [-0.3, -0.25) is 0 Å². The molecule has 7 heteroatoms. The molecule has 0 saturated heterocycles. The lowest BCUT2D eigenvalue weighted by atomic mass is 10.1. The zero-order valence-corrected chi connectivity index (χ0v) is 11.9. The molecule has 2 rings (SSSR count). The van der Waals surface area contributed by atoms with E-state index < -0.39 is 11.2 Å². The predicted molar refractivity (Wildman–Crippen MR) is 72.8 cm³/mol. The highest BCUT2D eigenvalue weighted by molar-refractivity contribution is 7.11. The number of hydrogen-bond donors (Lipinski definition) is 1. The molecule has 3 nitrogen and oxygen atoms in total. The largest absolute Gasteiger partial charge is 0.445 e. The Hall–Kier alpha value is -1.63. The van der Waals surface area contributed by atoms with Crippen molar-refractivity contribution in [1.82, 2.24) is 10.2 Å². The van der Waals surface area contributed by atoms with E-state index in [1.54, 1.807) is 0 Å². The average Bonchev–Trinajstić information content (AvgIpc) is 2.85. The van der Waals surface area contributed by atoms with E-state index in [0.717, 1.165) is 23.2 Å². The summed E-state index contributed by atoms with van der Waals surface area (Å²) >= 11 is 0.569. The van der Waals surface area contributed by atoms with Gasteiger partial charge in [0.2, 0.25) is 5.01 Å². The third-order valence-corrected chi connectivity index (χ3v) is 3.83. The molecule has 0 aliphatic carbocycles. The fraction of sp³-hybridized carbons (Fsp3) is 0.385. The lowest BCUT2D eigenvalue weighted by Crippen LogP contribution is -2.03. The number of rotatable bonds is 4. The minimum atomic E-state index is -4.42. The van der Waals surface area contributed by atoms with Crippen LogP contribution in [0.2, 0.25) is 0 Å². The number of aromatic nitrogens is 2. The molecule has 108 valence electrons. The second-order valence-electron chi connectivity index (χ2n) is 4.31. The molecule has 2 aromatic rings. The molecule has 0 amide bonds. The number of aryl methyl sites for hydroxylation is 2. The lowest BCUT2D eigenvalue weighted by molar-refractivity contribution is -0.138. The minimum Gasteiger partial charge on any atom is -0.378 e. The highest BCUT2D eigenvalue weighted by Crippen LogP contribution is 2.31. The second kappa shape index (κ2) is 5.78. The summed E-state index contributed by atoms with van der Waals surface area (Å²) in [5.41, 5.74) is 3.15. The number of benzene rings is 1. The Morgan fingerprint density at radius 1 is 1.25 bits per heavy atom. The summed E-state index contributed by atoms with van der Waals surface area (Å²) < 4.78 is 37.3. The zero-order chi connectivity index (χ0) is 14.8. The van der Waals surface area contributed by atoms with E-state index in [1.807, 2.05) is 32.0 Å². The maximum atomic E-state index is 12.4. The van der Waals surface area contributed by atoms with E-state index in [1.165, 1.54) is 0 Å². The Balaban J connectivity index is 2.11. The summed E-state index contributed by atoms with van der Waals surface area (Å²) in [6, 6.07) is 5.92. The van der Waals surface area contributed by atoms with Crippen LogP contribution in [0.25, 0.3) is 0 Å². The van der Waals surface area contributed by atoms with Crippen LogP contribution in [0.3, 0.4) is 0 Å². The Kier molecular flexibility index (Phi) is 4.27. The highest BCUT2D eigenvalue weighted by Gasteiger charge is 2.35. The summed E-state index contributed by atoms with van der Waals surface area (Å²) in [5.74, 6) is 0. The van der Waals surface area contributed by atoms with Crippen molar-refractivity contribution < 1.29 is 13.2 Å². The summed E-state index contributed by atoms with van der Waals surface area (Å²) in [6.45, 7) is 4.24. The maximum absolute atomic E-state index is 12.4. The molecule has 0 bridgehead atoms. The normalized spacial score (nSPS) is 11.7. The van der Waals surface area contributed by atoms with Gasteiger partial charge in [-0.1, -0.05) is 36.5 Å². The fourth-order valence-corrected chi connectivity index (χ4v) is 2.53. The summed E-state index contributed by atoms with van der Waals surface area (Å²) in [6.07, 6.45) is -3.57. The maximum Gasteiger partial charge on any atom is 0.445 e. The van der Waals surface area contributed by atoms with Crippen LogP contribution in [0.1, 0.15) is 28.1 Å². The van der Waals surface area contributed by atoms with Crippen molar-refractivity contribution in [3.8, 4) is 0 Å². The van der Waals surface area contributed by atoms with Crippen LogP contribution in [0, 0.1) is 6.92 Å². The molecule has 0 unspecified atom stereocenters. The summed E-state index contributed by atoms with van der Waals surface area (Å²) in [5, 5.41) is 9.31. The fourth-order valence-electron chi connectivity index (χ4n) is 1.88. The van der Waals surface area contributed by atoms with Gasteiger partial charge >= 0.3 is 6.18 Å². The molecule has 1 aromatic carbocycles. The van der Waals surface area contributed by atoms with Gasteiger partial charge in [-0.15, -0.1) is 10.2 Å². The molecule has 0 spiro atoms. The number of hydrogen-bond acceptors (Lipinski definition) is 4. The Labute approximate surface area is 118 Å². The Morgan fingerprint density at radius 2 is 2.00 bits per heavy atom. The molecule has 0 aliphatic heterocycles. The van der Waals surface area contributed by atoms with Crippen molar-refractivity contribution in [2.75, 3.05) is 5.32 Å². The molecule has 0 saturated carbocycles. The average molecular weight is 301 g/mol. The molecule has 20 heavy (non-hydrogen) atoms. The SMILES string of the molecule is CCc1cccc(C)c1NCc1nnc(C(F)(F)F)s1. The van der Waals surface area contributed by atoms with E-state index in [0.29, 0.717) is 16.3 Å². The standard InChI is InChI=1S/C13H14F3N3S/c1-3-9-6-4-5-8(2)11(9)17-7-10-18-19-12(20-10)13(14,15)16/h4-6,17H,3,7H2,1-2H3. The molecule has 0 radical (unpaired) electrons. The first kappa shape index (κ1) is 14.8. The Bertz CT molecular complexity index is 593. The van der Waals surface area contributed by atoms with Crippen molar-refractivity contribution in [3.05, 3.63) is 39.3 Å². The van der Waals surface area contributed by atoms with Crippen LogP contribution in [0.15, 0.2) is 18.2 Å². The highest BCUT2D eigenvalue weighted by atomic mass is 32.1. The topological polar surface area (TPSA) is 37.8 Å². The molecular formula is C13H14F3N3S. The van der Waals surface area contributed by atoms with Crippen molar-refractivity contribution in [1.29, 1.82) is 0 Å².